The van der Waals surface area contributed by atoms with E-state index >= 15 is 0 Å². The molecule has 1 unspecified atom stereocenters. The Hall–Kier alpha value is -2.40. The first kappa shape index (κ1) is 20.3. The van der Waals surface area contributed by atoms with Gasteiger partial charge in [-0.05, 0) is 63.4 Å². The maximum atomic E-state index is 12.9. The van der Waals surface area contributed by atoms with E-state index in [2.05, 4.69) is 36.0 Å². The monoisotopic (exact) mass is 381 g/mol. The van der Waals surface area contributed by atoms with Gasteiger partial charge in [0.25, 0.3) is 5.91 Å². The third-order valence-corrected chi connectivity index (χ3v) is 5.63. The van der Waals surface area contributed by atoms with Crippen LogP contribution >= 0.6 is 0 Å². The van der Waals surface area contributed by atoms with Crippen molar-refractivity contribution in [2.45, 2.75) is 45.6 Å². The lowest BCUT2D eigenvalue weighted by Gasteiger charge is -2.43. The molecule has 2 aromatic rings. The number of carbonyl (C=O) groups excluding carboxylic acids is 1. The Morgan fingerprint density at radius 2 is 2.11 bits per heavy atom. The number of carbonyl (C=O) groups is 1. The lowest BCUT2D eigenvalue weighted by molar-refractivity contribution is 0.0611. The predicted molar refractivity (Wildman–Crippen MR) is 112 cm³/mol. The Labute approximate surface area is 168 Å². The van der Waals surface area contributed by atoms with Crippen LogP contribution in [0.2, 0.25) is 0 Å². The molecule has 0 aliphatic carbocycles. The zero-order chi connectivity index (χ0) is 20.0. The summed E-state index contributed by atoms with van der Waals surface area (Å²) in [4.78, 5) is 19.5. The zero-order valence-electron chi connectivity index (χ0n) is 17.1. The molecule has 1 aliphatic heterocycles. The molecule has 28 heavy (non-hydrogen) atoms. The van der Waals surface area contributed by atoms with Crippen molar-refractivity contribution < 1.29 is 9.53 Å². The van der Waals surface area contributed by atoms with E-state index in [9.17, 15) is 4.79 Å². The minimum absolute atomic E-state index is 0.0807. The summed E-state index contributed by atoms with van der Waals surface area (Å²) >= 11 is 0. The summed E-state index contributed by atoms with van der Waals surface area (Å²) in [5.74, 6) is 1.80. The van der Waals surface area contributed by atoms with Gasteiger partial charge in [-0.1, -0.05) is 25.5 Å². The average molecular weight is 382 g/mol. The topological polar surface area (TPSA) is 54.5 Å². The molecule has 0 spiro atoms. The number of para-hydroxylation sites is 1. The molecule has 1 amide bonds. The average Bonchev–Trinajstić information content (AvgIpc) is 2.73. The van der Waals surface area contributed by atoms with Crippen LogP contribution in [0.5, 0.6) is 11.5 Å². The Balaban J connectivity index is 1.65. The Morgan fingerprint density at radius 3 is 2.86 bits per heavy atom. The molecule has 2 heterocycles. The van der Waals surface area contributed by atoms with Crippen molar-refractivity contribution in [3.05, 3.63) is 54.4 Å². The molecule has 5 heteroatoms. The van der Waals surface area contributed by atoms with E-state index in [-0.39, 0.29) is 11.4 Å². The fourth-order valence-corrected chi connectivity index (χ4v) is 3.73. The van der Waals surface area contributed by atoms with E-state index in [0.717, 1.165) is 19.0 Å². The van der Waals surface area contributed by atoms with Crippen LogP contribution in [-0.2, 0) is 0 Å². The number of ether oxygens (including phenoxy) is 1. The van der Waals surface area contributed by atoms with E-state index in [1.165, 1.54) is 19.3 Å². The molecule has 1 fully saturated rings. The number of benzene rings is 1. The lowest BCUT2D eigenvalue weighted by Crippen LogP contribution is -2.54. The second-order valence-corrected chi connectivity index (χ2v) is 8.14. The van der Waals surface area contributed by atoms with Crippen molar-refractivity contribution in [2.24, 2.45) is 5.92 Å². The van der Waals surface area contributed by atoms with E-state index < -0.39 is 0 Å². The molecule has 3 rings (SSSR count). The number of pyridine rings is 1. The molecule has 1 aromatic carbocycles. The normalized spacial score (nSPS) is 17.9. The van der Waals surface area contributed by atoms with Crippen molar-refractivity contribution >= 4 is 5.91 Å². The van der Waals surface area contributed by atoms with Crippen LogP contribution in [0.3, 0.4) is 0 Å². The van der Waals surface area contributed by atoms with Crippen LogP contribution in [0.25, 0.3) is 0 Å². The highest BCUT2D eigenvalue weighted by molar-refractivity contribution is 5.97. The smallest absolute Gasteiger partial charge is 0.255 e. The number of likely N-dealkylation sites (tertiary alicyclic amines) is 1. The summed E-state index contributed by atoms with van der Waals surface area (Å²) in [5.41, 5.74) is 0.454. The van der Waals surface area contributed by atoms with Crippen molar-refractivity contribution in [3.63, 3.8) is 0 Å². The van der Waals surface area contributed by atoms with Crippen LogP contribution in [0.4, 0.5) is 0 Å². The molecule has 1 aromatic heterocycles. The highest BCUT2D eigenvalue weighted by Crippen LogP contribution is 2.27. The largest absolute Gasteiger partial charge is 0.455 e. The molecule has 150 valence electrons. The third kappa shape index (κ3) is 5.10. The van der Waals surface area contributed by atoms with E-state index in [4.69, 9.17) is 4.74 Å². The van der Waals surface area contributed by atoms with Gasteiger partial charge in [-0.2, -0.15) is 0 Å². The molecule has 5 nitrogen and oxygen atoms in total. The van der Waals surface area contributed by atoms with Gasteiger partial charge in [0.1, 0.15) is 11.5 Å². The summed E-state index contributed by atoms with van der Waals surface area (Å²) in [7, 11) is 0. The fraction of sp³-hybridized carbons (Fsp3) is 0.478. The molecule has 0 radical (unpaired) electrons. The highest BCUT2D eigenvalue weighted by atomic mass is 16.5. The van der Waals surface area contributed by atoms with Crippen molar-refractivity contribution in [2.75, 3.05) is 19.6 Å². The van der Waals surface area contributed by atoms with E-state index in [1.54, 1.807) is 18.5 Å². The van der Waals surface area contributed by atoms with Crippen LogP contribution in [0.1, 0.15) is 50.4 Å². The number of hydrogen-bond acceptors (Lipinski definition) is 4. The summed E-state index contributed by atoms with van der Waals surface area (Å²) in [6, 6.07) is 11.0. The molecule has 1 aliphatic rings. The van der Waals surface area contributed by atoms with Crippen LogP contribution in [-0.4, -0.2) is 41.0 Å². The lowest BCUT2D eigenvalue weighted by atomic mass is 9.91. The molecule has 0 bridgehead atoms. The Kier molecular flexibility index (Phi) is 6.68. The first-order valence-electron chi connectivity index (χ1n) is 10.2. The van der Waals surface area contributed by atoms with Gasteiger partial charge in [0, 0.05) is 24.8 Å². The van der Waals surface area contributed by atoms with Crippen molar-refractivity contribution in [1.82, 2.24) is 15.2 Å². The highest BCUT2D eigenvalue weighted by Gasteiger charge is 2.31. The van der Waals surface area contributed by atoms with Gasteiger partial charge < -0.3 is 10.1 Å². The first-order valence-corrected chi connectivity index (χ1v) is 10.2. The number of rotatable bonds is 7. The molecular weight excluding hydrogens is 350 g/mol. The maximum Gasteiger partial charge on any atom is 0.255 e. The fourth-order valence-electron chi connectivity index (χ4n) is 3.73. The standard InChI is InChI=1S/C23H31N3O2/c1-4-18-9-8-14-26(16-18)23(2,3)17-25-22(27)20-11-5-6-12-21(20)28-19-10-7-13-24-15-19/h5-7,10-13,15,18H,4,8-9,14,16-17H2,1-3H3,(H,25,27). The van der Waals surface area contributed by atoms with Gasteiger partial charge >= 0.3 is 0 Å². The first-order chi connectivity index (χ1) is 13.5. The van der Waals surface area contributed by atoms with Crippen LogP contribution in [0, 0.1) is 5.92 Å². The van der Waals surface area contributed by atoms with Gasteiger partial charge in [0.15, 0.2) is 0 Å². The quantitative estimate of drug-likeness (QED) is 0.767. The van der Waals surface area contributed by atoms with Gasteiger partial charge in [-0.15, -0.1) is 0 Å². The number of amides is 1. The minimum Gasteiger partial charge on any atom is -0.455 e. The molecule has 1 saturated heterocycles. The van der Waals surface area contributed by atoms with E-state index in [1.807, 2.05) is 30.3 Å². The summed E-state index contributed by atoms with van der Waals surface area (Å²) in [6.07, 6.45) is 7.10. The summed E-state index contributed by atoms with van der Waals surface area (Å²) in [6.45, 7) is 9.50. The molecule has 0 saturated carbocycles. The Bertz CT molecular complexity index is 776. The summed E-state index contributed by atoms with van der Waals surface area (Å²) < 4.78 is 5.87. The Morgan fingerprint density at radius 1 is 1.29 bits per heavy atom. The van der Waals surface area contributed by atoms with E-state index in [0.29, 0.717) is 23.6 Å². The van der Waals surface area contributed by atoms with Crippen LogP contribution in [0.15, 0.2) is 48.8 Å². The number of nitrogens with zero attached hydrogens (tertiary/aromatic N) is 2. The van der Waals surface area contributed by atoms with Gasteiger partial charge in [0.05, 0.1) is 11.8 Å². The second-order valence-electron chi connectivity index (χ2n) is 8.14. The SMILES string of the molecule is CCC1CCCN(C(C)(C)CNC(=O)c2ccccc2Oc2cccnc2)C1. The van der Waals surface area contributed by atoms with Gasteiger partial charge in [-0.25, -0.2) is 0 Å². The van der Waals surface area contributed by atoms with Crippen LogP contribution < -0.4 is 10.1 Å². The molecular formula is C23H31N3O2. The predicted octanol–water partition coefficient (Wildman–Crippen LogP) is 4.50. The maximum absolute atomic E-state index is 12.9. The number of nitrogens with one attached hydrogen (secondary N) is 1. The van der Waals surface area contributed by atoms with Crippen molar-refractivity contribution in [1.29, 1.82) is 0 Å². The van der Waals surface area contributed by atoms with Gasteiger partial charge in [-0.3, -0.25) is 14.7 Å². The van der Waals surface area contributed by atoms with Crippen molar-refractivity contribution in [3.8, 4) is 11.5 Å². The third-order valence-electron chi connectivity index (χ3n) is 5.63. The summed E-state index contributed by atoms with van der Waals surface area (Å²) in [5, 5.41) is 3.12. The number of hydrogen-bond donors (Lipinski definition) is 1. The molecule has 1 atom stereocenters. The minimum atomic E-state index is -0.114. The van der Waals surface area contributed by atoms with Gasteiger partial charge in [0.2, 0.25) is 0 Å². The number of piperidine rings is 1. The zero-order valence-corrected chi connectivity index (χ0v) is 17.1. The number of aromatic nitrogens is 1. The second kappa shape index (κ2) is 9.20. The molecule has 1 N–H and O–H groups in total.